The van der Waals surface area contributed by atoms with E-state index in [1.807, 2.05) is 0 Å². The average Bonchev–Trinajstić information content (AvgIpc) is 2.35. The van der Waals surface area contributed by atoms with E-state index in [0.717, 1.165) is 13.1 Å². The summed E-state index contributed by atoms with van der Waals surface area (Å²) in [6, 6.07) is 0.384. The van der Waals surface area contributed by atoms with Crippen LogP contribution in [0.3, 0.4) is 0 Å². The first-order valence-electron chi connectivity index (χ1n) is 3.55. The fourth-order valence-electron chi connectivity index (χ4n) is 1.73. The Bertz CT molecular complexity index is 160. The second-order valence-electron chi connectivity index (χ2n) is 2.88. The molecule has 0 aromatic carbocycles. The molecular formula is C7H12N2. The molecule has 1 atom stereocenters. The molecule has 2 rings (SSSR count). The average molecular weight is 124 g/mol. The summed E-state index contributed by atoms with van der Waals surface area (Å²) in [5.74, 6) is 0. The molecule has 50 valence electrons. The van der Waals surface area contributed by atoms with Gasteiger partial charge in [-0.1, -0.05) is 5.57 Å². The Morgan fingerprint density at radius 1 is 1.44 bits per heavy atom. The lowest BCUT2D eigenvalue weighted by molar-refractivity contribution is 0.689. The molecule has 1 aliphatic heterocycles. The Kier molecular flexibility index (Phi) is 1.10. The van der Waals surface area contributed by atoms with Gasteiger partial charge < -0.3 is 11.1 Å². The van der Waals surface area contributed by atoms with Crippen LogP contribution in [-0.2, 0) is 0 Å². The van der Waals surface area contributed by atoms with Crippen LogP contribution in [0.4, 0.5) is 0 Å². The quantitative estimate of drug-likeness (QED) is 0.446. The maximum atomic E-state index is 5.82. The minimum absolute atomic E-state index is 0.384. The first-order chi connectivity index (χ1) is 4.38. The molecule has 9 heavy (non-hydrogen) atoms. The molecule has 0 aromatic heterocycles. The predicted octanol–water partition coefficient (Wildman–Crippen LogP) is 0.00730. The second-order valence-corrected chi connectivity index (χ2v) is 2.88. The third-order valence-electron chi connectivity index (χ3n) is 2.31. The summed E-state index contributed by atoms with van der Waals surface area (Å²) in [4.78, 5) is 0. The summed E-state index contributed by atoms with van der Waals surface area (Å²) in [7, 11) is 0. The highest BCUT2D eigenvalue weighted by molar-refractivity contribution is 5.31. The van der Waals surface area contributed by atoms with Crippen LogP contribution in [0, 0.1) is 0 Å². The molecule has 0 spiro atoms. The fraction of sp³-hybridized carbons (Fsp3) is 0.714. The SMILES string of the molecule is NC1CCC2=C1CNC2. The van der Waals surface area contributed by atoms with Crippen LogP contribution in [0.25, 0.3) is 0 Å². The van der Waals surface area contributed by atoms with Gasteiger partial charge in [0.05, 0.1) is 0 Å². The van der Waals surface area contributed by atoms with Gasteiger partial charge in [-0.3, -0.25) is 0 Å². The summed E-state index contributed by atoms with van der Waals surface area (Å²) in [6.45, 7) is 2.15. The first kappa shape index (κ1) is 5.45. The summed E-state index contributed by atoms with van der Waals surface area (Å²) in [5, 5.41) is 3.30. The van der Waals surface area contributed by atoms with Crippen molar-refractivity contribution in [2.75, 3.05) is 13.1 Å². The van der Waals surface area contributed by atoms with E-state index in [1.54, 1.807) is 5.57 Å². The molecule has 3 N–H and O–H groups in total. The van der Waals surface area contributed by atoms with Gasteiger partial charge in [0, 0.05) is 19.1 Å². The summed E-state index contributed by atoms with van der Waals surface area (Å²) in [6.07, 6.45) is 2.43. The molecule has 2 aliphatic rings. The lowest BCUT2D eigenvalue weighted by atomic mass is 10.1. The zero-order valence-corrected chi connectivity index (χ0v) is 5.48. The summed E-state index contributed by atoms with van der Waals surface area (Å²) < 4.78 is 0. The molecule has 0 bridgehead atoms. The van der Waals surface area contributed by atoms with Gasteiger partial charge in [-0.25, -0.2) is 0 Å². The molecule has 0 radical (unpaired) electrons. The largest absolute Gasteiger partial charge is 0.324 e. The Hall–Kier alpha value is -0.340. The van der Waals surface area contributed by atoms with E-state index in [9.17, 15) is 0 Å². The Labute approximate surface area is 55.1 Å². The van der Waals surface area contributed by atoms with Crippen molar-refractivity contribution in [1.29, 1.82) is 0 Å². The van der Waals surface area contributed by atoms with Crippen LogP contribution in [0.15, 0.2) is 11.1 Å². The molecule has 0 aromatic rings. The highest BCUT2D eigenvalue weighted by Crippen LogP contribution is 2.26. The Balaban J connectivity index is 2.24. The third-order valence-corrected chi connectivity index (χ3v) is 2.31. The molecule has 1 aliphatic carbocycles. The third kappa shape index (κ3) is 0.705. The van der Waals surface area contributed by atoms with Gasteiger partial charge in [-0.15, -0.1) is 0 Å². The van der Waals surface area contributed by atoms with Gasteiger partial charge in [-0.2, -0.15) is 0 Å². The van der Waals surface area contributed by atoms with E-state index in [4.69, 9.17) is 5.73 Å². The molecule has 1 heterocycles. The van der Waals surface area contributed by atoms with Crippen LogP contribution in [0.2, 0.25) is 0 Å². The second kappa shape index (κ2) is 1.82. The molecule has 0 saturated heterocycles. The zero-order valence-electron chi connectivity index (χ0n) is 5.48. The first-order valence-corrected chi connectivity index (χ1v) is 3.55. The standard InChI is InChI=1S/C7H12N2/c8-7-2-1-5-3-9-4-6(5)7/h7,9H,1-4,8H2. The normalized spacial score (nSPS) is 33.7. The van der Waals surface area contributed by atoms with Crippen LogP contribution in [0.1, 0.15) is 12.8 Å². The molecule has 0 saturated carbocycles. The van der Waals surface area contributed by atoms with Crippen molar-refractivity contribution < 1.29 is 0 Å². The summed E-state index contributed by atoms with van der Waals surface area (Å²) >= 11 is 0. The van der Waals surface area contributed by atoms with Crippen molar-refractivity contribution >= 4 is 0 Å². The fourth-order valence-corrected chi connectivity index (χ4v) is 1.73. The summed E-state index contributed by atoms with van der Waals surface area (Å²) in [5.41, 5.74) is 8.90. The van der Waals surface area contributed by atoms with Crippen LogP contribution >= 0.6 is 0 Å². The van der Waals surface area contributed by atoms with Crippen molar-refractivity contribution in [1.82, 2.24) is 5.32 Å². The van der Waals surface area contributed by atoms with E-state index < -0.39 is 0 Å². The molecule has 0 fully saturated rings. The molecule has 2 nitrogen and oxygen atoms in total. The van der Waals surface area contributed by atoms with Gasteiger partial charge >= 0.3 is 0 Å². The number of rotatable bonds is 0. The number of hydrogen-bond acceptors (Lipinski definition) is 2. The van der Waals surface area contributed by atoms with Crippen molar-refractivity contribution in [3.63, 3.8) is 0 Å². The van der Waals surface area contributed by atoms with Crippen LogP contribution in [0.5, 0.6) is 0 Å². The monoisotopic (exact) mass is 124 g/mol. The number of nitrogens with two attached hydrogens (primary N) is 1. The predicted molar refractivity (Wildman–Crippen MR) is 37.1 cm³/mol. The van der Waals surface area contributed by atoms with Crippen molar-refractivity contribution in [2.45, 2.75) is 18.9 Å². The highest BCUT2D eigenvalue weighted by atomic mass is 14.9. The Morgan fingerprint density at radius 2 is 2.33 bits per heavy atom. The lowest BCUT2D eigenvalue weighted by Gasteiger charge is -2.04. The molecule has 0 amide bonds. The smallest absolute Gasteiger partial charge is 0.0272 e. The topological polar surface area (TPSA) is 38.0 Å². The van der Waals surface area contributed by atoms with Crippen LogP contribution in [-0.4, -0.2) is 19.1 Å². The van der Waals surface area contributed by atoms with E-state index >= 15 is 0 Å². The highest BCUT2D eigenvalue weighted by Gasteiger charge is 2.24. The minimum atomic E-state index is 0.384. The van der Waals surface area contributed by atoms with Gasteiger partial charge in [0.1, 0.15) is 0 Å². The van der Waals surface area contributed by atoms with E-state index in [1.165, 1.54) is 18.4 Å². The molecule has 2 heteroatoms. The van der Waals surface area contributed by atoms with Crippen molar-refractivity contribution in [3.05, 3.63) is 11.1 Å². The number of hydrogen-bond donors (Lipinski definition) is 2. The van der Waals surface area contributed by atoms with E-state index in [-0.39, 0.29) is 0 Å². The van der Waals surface area contributed by atoms with Gasteiger partial charge in [0.2, 0.25) is 0 Å². The maximum Gasteiger partial charge on any atom is 0.0272 e. The maximum absolute atomic E-state index is 5.82. The van der Waals surface area contributed by atoms with Crippen molar-refractivity contribution in [3.8, 4) is 0 Å². The van der Waals surface area contributed by atoms with Gasteiger partial charge in [0.25, 0.3) is 0 Å². The molecular weight excluding hydrogens is 112 g/mol. The minimum Gasteiger partial charge on any atom is -0.324 e. The Morgan fingerprint density at radius 3 is 3.11 bits per heavy atom. The van der Waals surface area contributed by atoms with E-state index in [2.05, 4.69) is 5.32 Å². The zero-order chi connectivity index (χ0) is 6.27. The number of nitrogens with one attached hydrogen (secondary N) is 1. The van der Waals surface area contributed by atoms with Gasteiger partial charge in [-0.05, 0) is 18.4 Å². The van der Waals surface area contributed by atoms with Gasteiger partial charge in [0.15, 0.2) is 0 Å². The lowest BCUT2D eigenvalue weighted by Crippen LogP contribution is -2.23. The van der Waals surface area contributed by atoms with Crippen LogP contribution < -0.4 is 11.1 Å². The van der Waals surface area contributed by atoms with Crippen molar-refractivity contribution in [2.24, 2.45) is 5.73 Å². The van der Waals surface area contributed by atoms with E-state index in [0.29, 0.717) is 6.04 Å². The molecule has 1 unspecified atom stereocenters.